The smallest absolute Gasteiger partial charge is 0.258 e. The fourth-order valence-corrected chi connectivity index (χ4v) is 4.56. The highest BCUT2D eigenvalue weighted by Crippen LogP contribution is 2.35. The van der Waals surface area contributed by atoms with Gasteiger partial charge in [0.05, 0.1) is 36.7 Å². The number of anilines is 1. The summed E-state index contributed by atoms with van der Waals surface area (Å²) < 4.78 is 37.0. The normalized spacial score (nSPS) is 23.0. The van der Waals surface area contributed by atoms with E-state index in [1.165, 1.54) is 11.4 Å². The molecule has 3 atom stereocenters. The topological polar surface area (TPSA) is 125 Å². The van der Waals surface area contributed by atoms with E-state index in [2.05, 4.69) is 5.32 Å². The van der Waals surface area contributed by atoms with Crippen molar-refractivity contribution in [1.29, 1.82) is 0 Å². The molecule has 0 radical (unpaired) electrons. The number of ether oxygens (including phenoxy) is 2. The monoisotopic (exact) mass is 497 g/mol. The molecule has 34 heavy (non-hydrogen) atoms. The molecule has 2 aliphatic rings. The van der Waals surface area contributed by atoms with Crippen molar-refractivity contribution in [1.82, 2.24) is 9.21 Å². The molecular weight excluding hydrogens is 462 g/mol. The molecule has 11 heteroatoms. The highest BCUT2D eigenvalue weighted by Gasteiger charge is 2.35. The van der Waals surface area contributed by atoms with E-state index in [0.717, 1.165) is 6.26 Å². The van der Waals surface area contributed by atoms with Gasteiger partial charge in [-0.25, -0.2) is 12.7 Å². The van der Waals surface area contributed by atoms with Crippen LogP contribution in [0.2, 0.25) is 0 Å². The third-order valence-electron chi connectivity index (χ3n) is 6.54. The minimum absolute atomic E-state index is 0.0667. The van der Waals surface area contributed by atoms with Gasteiger partial charge in [0, 0.05) is 38.6 Å². The number of nitrogens with one attached hydrogen (secondary N) is 1. The summed E-state index contributed by atoms with van der Waals surface area (Å²) in [5.74, 6) is -0.740. The highest BCUT2D eigenvalue weighted by atomic mass is 32.2. The van der Waals surface area contributed by atoms with Crippen LogP contribution in [0.5, 0.6) is 5.75 Å². The Morgan fingerprint density at radius 2 is 2.00 bits per heavy atom. The minimum atomic E-state index is -3.46. The molecular formula is C23H35N3O7S. The van der Waals surface area contributed by atoms with E-state index in [0.29, 0.717) is 31.7 Å². The average molecular weight is 498 g/mol. The van der Waals surface area contributed by atoms with E-state index in [9.17, 15) is 23.1 Å². The fraction of sp³-hybridized carbons (Fsp3) is 0.652. The van der Waals surface area contributed by atoms with Crippen LogP contribution in [0.15, 0.2) is 18.2 Å². The Morgan fingerprint density at radius 3 is 2.62 bits per heavy atom. The van der Waals surface area contributed by atoms with E-state index >= 15 is 0 Å². The standard InChI is InChI=1S/C23H35N3O7S/c1-15-12-26(16(2)14-27)23(29)18-6-5-7-19(24-22(28)17-8-10-32-11-9-17)21(18)33-20(15)13-25(3)34(4,30)31/h5-7,15-17,20,27H,8-14H2,1-4H3,(H,24,28)/t15-,16+,20+/m0/s1. The van der Waals surface area contributed by atoms with Crippen LogP contribution < -0.4 is 10.1 Å². The number of aliphatic hydroxyl groups excluding tert-OH is 1. The van der Waals surface area contributed by atoms with Gasteiger partial charge in [-0.1, -0.05) is 13.0 Å². The molecule has 0 unspecified atom stereocenters. The van der Waals surface area contributed by atoms with Crippen LogP contribution in [-0.4, -0.2) is 92.9 Å². The van der Waals surface area contributed by atoms with E-state index < -0.39 is 22.2 Å². The number of benzene rings is 1. The Labute approximate surface area is 201 Å². The maximum Gasteiger partial charge on any atom is 0.258 e. The Kier molecular flexibility index (Phi) is 8.56. The summed E-state index contributed by atoms with van der Waals surface area (Å²) in [6.07, 6.45) is 1.75. The highest BCUT2D eigenvalue weighted by molar-refractivity contribution is 7.88. The molecule has 3 rings (SSSR count). The van der Waals surface area contributed by atoms with Gasteiger partial charge in [0.15, 0.2) is 5.75 Å². The summed E-state index contributed by atoms with van der Waals surface area (Å²) in [7, 11) is -1.99. The van der Waals surface area contributed by atoms with E-state index in [1.807, 2.05) is 6.92 Å². The average Bonchev–Trinajstić information content (AvgIpc) is 2.81. The molecule has 0 spiro atoms. The Morgan fingerprint density at radius 1 is 1.32 bits per heavy atom. The zero-order valence-electron chi connectivity index (χ0n) is 20.2. The maximum absolute atomic E-state index is 13.5. The number of hydrogen-bond donors (Lipinski definition) is 2. The number of sulfonamides is 1. The van der Waals surface area contributed by atoms with Crippen LogP contribution in [0, 0.1) is 11.8 Å². The maximum atomic E-state index is 13.5. The third kappa shape index (κ3) is 6.07. The van der Waals surface area contributed by atoms with Gasteiger partial charge in [-0.2, -0.15) is 0 Å². The van der Waals surface area contributed by atoms with Gasteiger partial charge in [-0.15, -0.1) is 0 Å². The van der Waals surface area contributed by atoms with Crippen molar-refractivity contribution in [3.8, 4) is 5.75 Å². The first kappa shape index (κ1) is 26.4. The molecule has 2 aliphatic heterocycles. The lowest BCUT2D eigenvalue weighted by Gasteiger charge is -2.38. The van der Waals surface area contributed by atoms with Crippen molar-refractivity contribution < 1.29 is 32.6 Å². The molecule has 2 N–H and O–H groups in total. The van der Waals surface area contributed by atoms with Crippen molar-refractivity contribution in [3.63, 3.8) is 0 Å². The number of aliphatic hydroxyl groups is 1. The Hall–Kier alpha value is -2.21. The van der Waals surface area contributed by atoms with Gasteiger partial charge in [0.25, 0.3) is 5.91 Å². The molecule has 1 aromatic carbocycles. The lowest BCUT2D eigenvalue weighted by Crippen LogP contribution is -2.50. The predicted molar refractivity (Wildman–Crippen MR) is 127 cm³/mol. The second-order valence-corrected chi connectivity index (χ2v) is 11.3. The van der Waals surface area contributed by atoms with Gasteiger partial charge in [-0.3, -0.25) is 9.59 Å². The van der Waals surface area contributed by atoms with Crippen LogP contribution >= 0.6 is 0 Å². The summed E-state index contributed by atoms with van der Waals surface area (Å²) in [6, 6.07) is 4.51. The van der Waals surface area contributed by atoms with Gasteiger partial charge in [-0.05, 0) is 31.9 Å². The van der Waals surface area contributed by atoms with E-state index in [4.69, 9.17) is 9.47 Å². The number of para-hydroxylation sites is 1. The summed E-state index contributed by atoms with van der Waals surface area (Å²) in [6.45, 7) is 4.79. The van der Waals surface area contributed by atoms with Gasteiger partial charge >= 0.3 is 0 Å². The number of fused-ring (bicyclic) bond motifs is 1. The second-order valence-electron chi connectivity index (χ2n) is 9.22. The first-order chi connectivity index (χ1) is 16.0. The lowest BCUT2D eigenvalue weighted by molar-refractivity contribution is -0.122. The number of likely N-dealkylation sites (N-methyl/N-ethyl adjacent to an activating group) is 1. The second kappa shape index (κ2) is 11.0. The molecule has 0 aromatic heterocycles. The molecule has 0 saturated carbocycles. The van der Waals surface area contributed by atoms with Crippen molar-refractivity contribution >= 4 is 27.5 Å². The predicted octanol–water partition coefficient (Wildman–Crippen LogP) is 1.16. The number of rotatable bonds is 7. The molecule has 0 bridgehead atoms. The van der Waals surface area contributed by atoms with Crippen molar-refractivity contribution in [3.05, 3.63) is 23.8 Å². The molecule has 190 valence electrons. The SMILES string of the molecule is C[C@H](CO)N1C[C@H](C)[C@@H](CN(C)S(C)(=O)=O)Oc2c(NC(=O)C3CCOCC3)cccc2C1=O. The minimum Gasteiger partial charge on any atom is -0.486 e. The molecule has 1 aromatic rings. The van der Waals surface area contributed by atoms with Crippen molar-refractivity contribution in [2.24, 2.45) is 11.8 Å². The molecule has 2 heterocycles. The summed E-state index contributed by atoms with van der Waals surface area (Å²) in [5, 5.41) is 12.7. The van der Waals surface area contributed by atoms with E-state index in [-0.39, 0.29) is 54.7 Å². The van der Waals surface area contributed by atoms with E-state index in [1.54, 1.807) is 30.0 Å². The zero-order chi connectivity index (χ0) is 25.0. The van der Waals surface area contributed by atoms with Gasteiger partial charge < -0.3 is 24.8 Å². The summed E-state index contributed by atoms with van der Waals surface area (Å²) in [5.41, 5.74) is 0.615. The van der Waals surface area contributed by atoms with Gasteiger partial charge in [0.1, 0.15) is 6.10 Å². The van der Waals surface area contributed by atoms with Crippen molar-refractivity contribution in [2.45, 2.75) is 38.8 Å². The lowest BCUT2D eigenvalue weighted by atomic mass is 9.98. The molecule has 10 nitrogen and oxygen atoms in total. The first-order valence-electron chi connectivity index (χ1n) is 11.5. The summed E-state index contributed by atoms with van der Waals surface area (Å²) >= 11 is 0. The van der Waals surface area contributed by atoms with Crippen molar-refractivity contribution in [2.75, 3.05) is 51.5 Å². The fourth-order valence-electron chi connectivity index (χ4n) is 4.14. The van der Waals surface area contributed by atoms with Crippen LogP contribution in [0.4, 0.5) is 5.69 Å². The largest absolute Gasteiger partial charge is 0.486 e. The zero-order valence-corrected chi connectivity index (χ0v) is 21.0. The number of hydrogen-bond acceptors (Lipinski definition) is 7. The number of amides is 2. The molecule has 2 amide bonds. The Bertz CT molecular complexity index is 994. The number of nitrogens with zero attached hydrogens (tertiary/aromatic N) is 2. The first-order valence-corrected chi connectivity index (χ1v) is 13.4. The third-order valence-corrected chi connectivity index (χ3v) is 7.83. The van der Waals surface area contributed by atoms with Crippen LogP contribution in [0.1, 0.15) is 37.0 Å². The van der Waals surface area contributed by atoms with Crippen LogP contribution in [0.25, 0.3) is 0 Å². The summed E-state index contributed by atoms with van der Waals surface area (Å²) in [4.78, 5) is 28.0. The number of carbonyl (C=O) groups is 2. The van der Waals surface area contributed by atoms with Gasteiger partial charge in [0.2, 0.25) is 15.9 Å². The quantitative estimate of drug-likeness (QED) is 0.579. The molecule has 0 aliphatic carbocycles. The molecule has 1 fully saturated rings. The Balaban J connectivity index is 2.00. The molecule has 1 saturated heterocycles. The van der Waals surface area contributed by atoms with Crippen LogP contribution in [0.3, 0.4) is 0 Å². The van der Waals surface area contributed by atoms with Crippen LogP contribution in [-0.2, 0) is 19.6 Å². The number of carbonyl (C=O) groups excluding carboxylic acids is 2.